The molecule has 0 saturated heterocycles. The second-order valence-electron chi connectivity index (χ2n) is 6.22. The Morgan fingerprint density at radius 1 is 1.39 bits per heavy atom. The number of rotatable bonds is 4. The summed E-state index contributed by atoms with van der Waals surface area (Å²) in [7, 11) is 0. The van der Waals surface area contributed by atoms with Crippen molar-refractivity contribution >= 4 is 41.5 Å². The van der Waals surface area contributed by atoms with E-state index in [-0.39, 0.29) is 35.8 Å². The molecule has 3 unspecified atom stereocenters. The van der Waals surface area contributed by atoms with Gasteiger partial charge in [0.2, 0.25) is 5.91 Å². The van der Waals surface area contributed by atoms with Gasteiger partial charge in [-0.25, -0.2) is 0 Å². The van der Waals surface area contributed by atoms with Crippen molar-refractivity contribution in [2.75, 3.05) is 18.4 Å². The summed E-state index contributed by atoms with van der Waals surface area (Å²) in [6, 6.07) is 8.55. The minimum Gasteiger partial charge on any atom is -0.357 e. The number of guanidine groups is 1. The molecule has 3 rings (SSSR count). The summed E-state index contributed by atoms with van der Waals surface area (Å²) in [5, 5.41) is 9.67. The van der Waals surface area contributed by atoms with Crippen LogP contribution >= 0.6 is 24.0 Å². The normalized spacial score (nSPS) is 25.7. The van der Waals surface area contributed by atoms with Gasteiger partial charge in [-0.05, 0) is 30.9 Å². The molecule has 2 aliphatic rings. The Morgan fingerprint density at radius 2 is 2.13 bits per heavy atom. The smallest absolute Gasteiger partial charge is 0.225 e. The Bertz CT molecular complexity index is 590. The number of nitrogens with one attached hydrogen (secondary N) is 3. The van der Waals surface area contributed by atoms with Gasteiger partial charge in [0.1, 0.15) is 0 Å². The third-order valence-electron chi connectivity index (χ3n) is 4.35. The molecule has 1 saturated carbocycles. The molecule has 3 atom stereocenters. The topological polar surface area (TPSA) is 65.5 Å². The van der Waals surface area contributed by atoms with Gasteiger partial charge in [-0.15, -0.1) is 24.0 Å². The van der Waals surface area contributed by atoms with E-state index in [1.807, 2.05) is 18.2 Å². The van der Waals surface area contributed by atoms with E-state index in [1.54, 1.807) is 0 Å². The zero-order chi connectivity index (χ0) is 15.5. The van der Waals surface area contributed by atoms with E-state index in [0.29, 0.717) is 19.0 Å². The average molecular weight is 428 g/mol. The van der Waals surface area contributed by atoms with Gasteiger partial charge in [0, 0.05) is 30.6 Å². The SMILES string of the molecule is CCNC(=NCC1CC(=O)Nc2ccccc21)NC1CC1C.I. The van der Waals surface area contributed by atoms with Crippen LogP contribution in [0, 0.1) is 5.92 Å². The van der Waals surface area contributed by atoms with E-state index < -0.39 is 0 Å². The van der Waals surface area contributed by atoms with Gasteiger partial charge in [0.25, 0.3) is 0 Å². The molecule has 0 radical (unpaired) electrons. The van der Waals surface area contributed by atoms with Crippen LogP contribution in [0.15, 0.2) is 29.3 Å². The predicted octanol–water partition coefficient (Wildman–Crippen LogP) is 2.69. The lowest BCUT2D eigenvalue weighted by Crippen LogP contribution is -2.39. The number of amides is 1. The highest BCUT2D eigenvalue weighted by Crippen LogP contribution is 2.32. The molecule has 1 fully saturated rings. The van der Waals surface area contributed by atoms with Crippen LogP contribution in [0.3, 0.4) is 0 Å². The van der Waals surface area contributed by atoms with E-state index in [1.165, 1.54) is 12.0 Å². The first-order chi connectivity index (χ1) is 10.7. The summed E-state index contributed by atoms with van der Waals surface area (Å²) in [6.45, 7) is 5.77. The number of hydrogen-bond donors (Lipinski definition) is 3. The van der Waals surface area contributed by atoms with Crippen molar-refractivity contribution in [3.63, 3.8) is 0 Å². The van der Waals surface area contributed by atoms with Gasteiger partial charge >= 0.3 is 0 Å². The molecule has 0 spiro atoms. The average Bonchev–Trinajstić information content (AvgIpc) is 3.19. The molecule has 3 N–H and O–H groups in total. The molecule has 126 valence electrons. The summed E-state index contributed by atoms with van der Waals surface area (Å²) in [5.41, 5.74) is 2.11. The van der Waals surface area contributed by atoms with Crippen molar-refractivity contribution in [3.05, 3.63) is 29.8 Å². The molecule has 0 bridgehead atoms. The first-order valence-corrected chi connectivity index (χ1v) is 8.11. The molecule has 6 heteroatoms. The van der Waals surface area contributed by atoms with Crippen LogP contribution in [0.2, 0.25) is 0 Å². The van der Waals surface area contributed by atoms with Crippen molar-refractivity contribution in [2.45, 2.75) is 38.6 Å². The van der Waals surface area contributed by atoms with Crippen molar-refractivity contribution in [2.24, 2.45) is 10.9 Å². The number of benzene rings is 1. The van der Waals surface area contributed by atoms with Crippen LogP contribution in [0.4, 0.5) is 5.69 Å². The number of carbonyl (C=O) groups is 1. The van der Waals surface area contributed by atoms with E-state index in [9.17, 15) is 4.79 Å². The fourth-order valence-corrected chi connectivity index (χ4v) is 2.88. The highest BCUT2D eigenvalue weighted by molar-refractivity contribution is 14.0. The number of nitrogens with zero attached hydrogens (tertiary/aromatic N) is 1. The highest BCUT2D eigenvalue weighted by Gasteiger charge is 2.33. The fourth-order valence-electron chi connectivity index (χ4n) is 2.88. The third-order valence-corrected chi connectivity index (χ3v) is 4.35. The summed E-state index contributed by atoms with van der Waals surface area (Å²) in [4.78, 5) is 16.5. The lowest BCUT2D eigenvalue weighted by molar-refractivity contribution is -0.116. The highest BCUT2D eigenvalue weighted by atomic mass is 127. The van der Waals surface area contributed by atoms with Crippen molar-refractivity contribution < 1.29 is 4.79 Å². The maximum Gasteiger partial charge on any atom is 0.225 e. The third kappa shape index (κ3) is 4.59. The Labute approximate surface area is 154 Å². The number of aliphatic imine (C=N–C) groups is 1. The lowest BCUT2D eigenvalue weighted by atomic mass is 9.91. The first kappa shape index (κ1) is 18.0. The standard InChI is InChI=1S/C17H24N4O.HI/c1-3-18-17(21-15-8-11(15)2)19-10-12-9-16(22)20-14-7-5-4-6-13(12)14;/h4-7,11-12,15H,3,8-10H2,1-2H3,(H,20,22)(H2,18,19,21);1H. The van der Waals surface area contributed by atoms with E-state index >= 15 is 0 Å². The quantitative estimate of drug-likeness (QED) is 0.393. The molecule has 1 amide bonds. The van der Waals surface area contributed by atoms with Crippen LogP contribution < -0.4 is 16.0 Å². The van der Waals surface area contributed by atoms with Crippen LogP contribution in [0.5, 0.6) is 0 Å². The molecular formula is C17H25IN4O. The second-order valence-corrected chi connectivity index (χ2v) is 6.22. The lowest BCUT2D eigenvalue weighted by Gasteiger charge is -2.24. The summed E-state index contributed by atoms with van der Waals surface area (Å²) < 4.78 is 0. The van der Waals surface area contributed by atoms with E-state index in [2.05, 4.69) is 35.9 Å². The van der Waals surface area contributed by atoms with Crippen molar-refractivity contribution in [1.82, 2.24) is 10.6 Å². The van der Waals surface area contributed by atoms with Gasteiger partial charge in [0.15, 0.2) is 5.96 Å². The molecule has 1 aliphatic carbocycles. The fraction of sp³-hybridized carbons (Fsp3) is 0.529. The molecule has 1 aliphatic heterocycles. The predicted molar refractivity (Wildman–Crippen MR) is 105 cm³/mol. The minimum absolute atomic E-state index is 0. The molecule has 1 aromatic rings. The number of hydrogen-bond acceptors (Lipinski definition) is 2. The minimum atomic E-state index is 0. The summed E-state index contributed by atoms with van der Waals surface area (Å²) in [5.74, 6) is 1.81. The maximum atomic E-state index is 11.8. The monoisotopic (exact) mass is 428 g/mol. The van der Waals surface area contributed by atoms with Crippen LogP contribution in [-0.2, 0) is 4.79 Å². The number of anilines is 1. The van der Waals surface area contributed by atoms with E-state index in [4.69, 9.17) is 4.99 Å². The van der Waals surface area contributed by atoms with E-state index in [0.717, 1.165) is 24.1 Å². The Morgan fingerprint density at radius 3 is 2.83 bits per heavy atom. The number of halogens is 1. The largest absolute Gasteiger partial charge is 0.357 e. The molecule has 1 heterocycles. The molecule has 5 nitrogen and oxygen atoms in total. The van der Waals surface area contributed by atoms with Gasteiger partial charge in [-0.2, -0.15) is 0 Å². The number of carbonyl (C=O) groups excluding carboxylic acids is 1. The molecule has 23 heavy (non-hydrogen) atoms. The Kier molecular flexibility index (Phi) is 6.26. The molecule has 0 aromatic heterocycles. The Balaban J connectivity index is 0.00000192. The van der Waals surface area contributed by atoms with Gasteiger partial charge in [-0.1, -0.05) is 25.1 Å². The van der Waals surface area contributed by atoms with Crippen LogP contribution in [0.1, 0.15) is 38.2 Å². The van der Waals surface area contributed by atoms with Gasteiger partial charge in [-0.3, -0.25) is 9.79 Å². The van der Waals surface area contributed by atoms with Gasteiger partial charge < -0.3 is 16.0 Å². The van der Waals surface area contributed by atoms with Crippen molar-refractivity contribution in [3.8, 4) is 0 Å². The van der Waals surface area contributed by atoms with Crippen LogP contribution in [0.25, 0.3) is 0 Å². The number of fused-ring (bicyclic) bond motifs is 1. The van der Waals surface area contributed by atoms with Gasteiger partial charge in [0.05, 0.1) is 6.54 Å². The maximum absolute atomic E-state index is 11.8. The molecule has 1 aromatic carbocycles. The summed E-state index contributed by atoms with van der Waals surface area (Å²) in [6.07, 6.45) is 1.71. The Hall–Kier alpha value is -1.31. The molecular weight excluding hydrogens is 403 g/mol. The first-order valence-electron chi connectivity index (χ1n) is 8.11. The number of para-hydroxylation sites is 1. The zero-order valence-corrected chi connectivity index (χ0v) is 16.0. The summed E-state index contributed by atoms with van der Waals surface area (Å²) >= 11 is 0. The second kappa shape index (κ2) is 7.99. The van der Waals surface area contributed by atoms with Crippen molar-refractivity contribution in [1.29, 1.82) is 0 Å². The van der Waals surface area contributed by atoms with Crippen LogP contribution in [-0.4, -0.2) is 31.0 Å². The zero-order valence-electron chi connectivity index (χ0n) is 13.6.